The van der Waals surface area contributed by atoms with Crippen molar-refractivity contribution in [2.24, 2.45) is 5.73 Å². The molecule has 2 heterocycles. The number of rotatable bonds is 0. The van der Waals surface area contributed by atoms with Crippen LogP contribution >= 0.6 is 0 Å². The van der Waals surface area contributed by atoms with Gasteiger partial charge in [-0.1, -0.05) is 0 Å². The lowest BCUT2D eigenvalue weighted by atomic mass is 10.2. The molecule has 2 rings (SSSR count). The van der Waals surface area contributed by atoms with Gasteiger partial charge in [-0.3, -0.25) is 4.90 Å². The molecule has 2 aliphatic heterocycles. The van der Waals surface area contributed by atoms with Gasteiger partial charge in [0.1, 0.15) is 0 Å². The van der Waals surface area contributed by atoms with Crippen molar-refractivity contribution < 1.29 is 4.74 Å². The van der Waals surface area contributed by atoms with Crippen LogP contribution in [0.1, 0.15) is 13.3 Å². The third-order valence-corrected chi connectivity index (χ3v) is 2.62. The van der Waals surface area contributed by atoms with E-state index in [4.69, 9.17) is 10.5 Å². The van der Waals surface area contributed by atoms with Crippen LogP contribution < -0.4 is 5.73 Å². The van der Waals surface area contributed by atoms with Crippen LogP contribution in [-0.4, -0.2) is 42.8 Å². The Morgan fingerprint density at radius 2 is 2.27 bits per heavy atom. The van der Waals surface area contributed by atoms with Gasteiger partial charge in [-0.05, 0) is 13.3 Å². The molecule has 3 heteroatoms. The fraction of sp³-hybridized carbons (Fsp3) is 1.00. The quantitative estimate of drug-likeness (QED) is 0.528. The van der Waals surface area contributed by atoms with Gasteiger partial charge in [0.25, 0.3) is 0 Å². The lowest BCUT2D eigenvalue weighted by Gasteiger charge is -2.33. The summed E-state index contributed by atoms with van der Waals surface area (Å²) in [5.41, 5.74) is 5.84. The molecule has 0 spiro atoms. The van der Waals surface area contributed by atoms with E-state index in [9.17, 15) is 0 Å². The normalized spacial score (nSPS) is 45.8. The predicted molar refractivity (Wildman–Crippen MR) is 43.4 cm³/mol. The first-order valence-corrected chi connectivity index (χ1v) is 4.37. The summed E-state index contributed by atoms with van der Waals surface area (Å²) in [6.45, 7) is 5.14. The minimum atomic E-state index is 0.383. The largest absolute Gasteiger partial charge is 0.376 e. The summed E-state index contributed by atoms with van der Waals surface area (Å²) in [7, 11) is 0. The van der Waals surface area contributed by atoms with Crippen LogP contribution in [0.2, 0.25) is 0 Å². The van der Waals surface area contributed by atoms with Crippen molar-refractivity contribution in [1.29, 1.82) is 0 Å². The van der Waals surface area contributed by atoms with Gasteiger partial charge in [0.2, 0.25) is 0 Å². The van der Waals surface area contributed by atoms with Gasteiger partial charge in [0, 0.05) is 25.2 Å². The van der Waals surface area contributed by atoms with E-state index in [1.807, 2.05) is 0 Å². The van der Waals surface area contributed by atoms with E-state index < -0.39 is 0 Å². The summed E-state index contributed by atoms with van der Waals surface area (Å²) in [6.07, 6.45) is 1.52. The van der Waals surface area contributed by atoms with Gasteiger partial charge in [-0.2, -0.15) is 0 Å². The highest BCUT2D eigenvalue weighted by atomic mass is 16.5. The molecule has 0 aromatic heterocycles. The highest BCUT2D eigenvalue weighted by Gasteiger charge is 2.34. The van der Waals surface area contributed by atoms with E-state index in [0.29, 0.717) is 18.2 Å². The van der Waals surface area contributed by atoms with Crippen LogP contribution in [-0.2, 0) is 4.74 Å². The van der Waals surface area contributed by atoms with Crippen molar-refractivity contribution in [1.82, 2.24) is 4.90 Å². The maximum Gasteiger partial charge on any atom is 0.0674 e. The first-order valence-electron chi connectivity index (χ1n) is 4.37. The third-order valence-electron chi connectivity index (χ3n) is 2.62. The molecule has 2 saturated heterocycles. The van der Waals surface area contributed by atoms with Crippen molar-refractivity contribution >= 4 is 0 Å². The molecule has 64 valence electrons. The molecule has 0 aliphatic carbocycles. The minimum Gasteiger partial charge on any atom is -0.376 e. The number of nitrogens with zero attached hydrogens (tertiary/aromatic N) is 1. The molecule has 0 aromatic rings. The third kappa shape index (κ3) is 1.41. The summed E-state index contributed by atoms with van der Waals surface area (Å²) in [5.74, 6) is 0. The van der Waals surface area contributed by atoms with Gasteiger partial charge in [-0.25, -0.2) is 0 Å². The van der Waals surface area contributed by atoms with Crippen LogP contribution in [0.15, 0.2) is 0 Å². The van der Waals surface area contributed by atoms with E-state index >= 15 is 0 Å². The molecule has 0 unspecified atom stereocenters. The van der Waals surface area contributed by atoms with Crippen molar-refractivity contribution in [3.8, 4) is 0 Å². The smallest absolute Gasteiger partial charge is 0.0674 e. The molecule has 0 aromatic carbocycles. The van der Waals surface area contributed by atoms with Gasteiger partial charge < -0.3 is 10.5 Å². The zero-order valence-electron chi connectivity index (χ0n) is 6.99. The molecule has 11 heavy (non-hydrogen) atoms. The van der Waals surface area contributed by atoms with Crippen LogP contribution in [0, 0.1) is 0 Å². The Morgan fingerprint density at radius 1 is 1.45 bits per heavy atom. The number of fused-ring (bicyclic) bond motifs is 1. The molecular weight excluding hydrogens is 140 g/mol. The number of hydrogen-bond acceptors (Lipinski definition) is 3. The highest BCUT2D eigenvalue weighted by Crippen LogP contribution is 2.21. The van der Waals surface area contributed by atoms with Crippen molar-refractivity contribution in [3.05, 3.63) is 0 Å². The Hall–Kier alpha value is -0.120. The number of hydrogen-bond donors (Lipinski definition) is 1. The van der Waals surface area contributed by atoms with Gasteiger partial charge >= 0.3 is 0 Å². The van der Waals surface area contributed by atoms with E-state index in [1.54, 1.807) is 0 Å². The molecule has 3 atom stereocenters. The van der Waals surface area contributed by atoms with Crippen molar-refractivity contribution in [2.45, 2.75) is 31.5 Å². The molecule has 0 saturated carbocycles. The summed E-state index contributed by atoms with van der Waals surface area (Å²) < 4.78 is 5.54. The average molecular weight is 156 g/mol. The molecule has 2 N–H and O–H groups in total. The second kappa shape index (κ2) is 2.73. The van der Waals surface area contributed by atoms with E-state index in [-0.39, 0.29) is 0 Å². The predicted octanol–water partition coefficient (Wildman–Crippen LogP) is -0.193. The van der Waals surface area contributed by atoms with Gasteiger partial charge in [0.05, 0.1) is 12.7 Å². The van der Waals surface area contributed by atoms with E-state index in [1.165, 1.54) is 0 Å². The maximum atomic E-state index is 5.84. The lowest BCUT2D eigenvalue weighted by Crippen LogP contribution is -2.45. The summed E-state index contributed by atoms with van der Waals surface area (Å²) >= 11 is 0. The van der Waals surface area contributed by atoms with Crippen molar-refractivity contribution in [3.63, 3.8) is 0 Å². The zero-order chi connectivity index (χ0) is 7.84. The fourth-order valence-corrected chi connectivity index (χ4v) is 2.08. The first kappa shape index (κ1) is 7.53. The van der Waals surface area contributed by atoms with Gasteiger partial charge in [-0.15, -0.1) is 0 Å². The summed E-state index contributed by atoms with van der Waals surface area (Å²) in [4.78, 5) is 2.46. The second-order valence-electron chi connectivity index (χ2n) is 3.75. The Morgan fingerprint density at radius 3 is 3.09 bits per heavy atom. The standard InChI is InChI=1S/C8H16N2O/c1-6-3-10-4-7(9)2-8(10)5-11-6/h6-8H,2-5,9H2,1H3/t6-,7-,8+/m1/s1. The van der Waals surface area contributed by atoms with Gasteiger partial charge in [0.15, 0.2) is 0 Å². The lowest BCUT2D eigenvalue weighted by molar-refractivity contribution is -0.0390. The number of morpholine rings is 1. The monoisotopic (exact) mass is 156 g/mol. The zero-order valence-corrected chi connectivity index (χ0v) is 6.99. The summed E-state index contributed by atoms with van der Waals surface area (Å²) in [5, 5.41) is 0. The van der Waals surface area contributed by atoms with E-state index in [0.717, 1.165) is 26.1 Å². The molecule has 2 fully saturated rings. The molecular formula is C8H16N2O. The van der Waals surface area contributed by atoms with Crippen LogP contribution in [0.5, 0.6) is 0 Å². The van der Waals surface area contributed by atoms with Crippen LogP contribution in [0.25, 0.3) is 0 Å². The second-order valence-corrected chi connectivity index (χ2v) is 3.75. The maximum absolute atomic E-state index is 5.84. The highest BCUT2D eigenvalue weighted by molar-refractivity contribution is 4.90. The minimum absolute atomic E-state index is 0.383. The topological polar surface area (TPSA) is 38.5 Å². The van der Waals surface area contributed by atoms with Crippen LogP contribution in [0.3, 0.4) is 0 Å². The molecule has 3 nitrogen and oxygen atoms in total. The Kier molecular flexibility index (Phi) is 1.87. The molecule has 0 bridgehead atoms. The summed E-state index contributed by atoms with van der Waals surface area (Å²) in [6, 6.07) is 0.995. The van der Waals surface area contributed by atoms with Crippen molar-refractivity contribution in [2.75, 3.05) is 19.7 Å². The fourth-order valence-electron chi connectivity index (χ4n) is 2.08. The Bertz CT molecular complexity index is 151. The van der Waals surface area contributed by atoms with E-state index in [2.05, 4.69) is 11.8 Å². The average Bonchev–Trinajstić information content (AvgIpc) is 2.27. The first-order chi connectivity index (χ1) is 5.25. The SMILES string of the molecule is C[C@@H]1CN2C[C@H](N)C[C@H]2CO1. The number of ether oxygens (including phenoxy) is 1. The molecule has 2 aliphatic rings. The molecule has 0 amide bonds. The van der Waals surface area contributed by atoms with Crippen LogP contribution in [0.4, 0.5) is 0 Å². The Labute approximate surface area is 67.5 Å². The Balaban J connectivity index is 1.97. The number of nitrogens with two attached hydrogens (primary N) is 1. The molecule has 0 radical (unpaired) electrons.